The Bertz CT molecular complexity index is 726. The van der Waals surface area contributed by atoms with E-state index < -0.39 is 5.60 Å². The van der Waals surface area contributed by atoms with Crippen molar-refractivity contribution in [2.75, 3.05) is 13.1 Å². The average Bonchev–Trinajstić information content (AvgIpc) is 3.20. The molecule has 2 aromatic rings. The van der Waals surface area contributed by atoms with Gasteiger partial charge < -0.3 is 10.0 Å². The molecule has 2 aromatic heterocycles. The lowest BCUT2D eigenvalue weighted by Gasteiger charge is -2.21. The molecule has 8 nitrogen and oxygen atoms in total. The summed E-state index contributed by atoms with van der Waals surface area (Å²) in [5.74, 6) is -0.143. The smallest absolute Gasteiger partial charge is 0.259 e. The highest BCUT2D eigenvalue weighted by Crippen LogP contribution is 2.33. The van der Waals surface area contributed by atoms with Crippen LogP contribution in [0.1, 0.15) is 47.9 Å². The number of hydrogen-bond acceptors (Lipinski definition) is 5. The summed E-state index contributed by atoms with van der Waals surface area (Å²) < 4.78 is 1.50. The van der Waals surface area contributed by atoms with Crippen LogP contribution in [0.4, 0.5) is 0 Å². The second kappa shape index (κ2) is 5.61. The van der Waals surface area contributed by atoms with Crippen LogP contribution in [0.25, 0.3) is 0 Å². The predicted octanol–water partition coefficient (Wildman–Crippen LogP) is 1.05. The van der Waals surface area contributed by atoms with Crippen molar-refractivity contribution in [2.45, 2.75) is 31.8 Å². The van der Waals surface area contributed by atoms with Gasteiger partial charge in [-0.15, -0.1) is 0 Å². The molecule has 1 atom stereocenters. The molecule has 0 aliphatic carbocycles. The van der Waals surface area contributed by atoms with Crippen molar-refractivity contribution in [1.29, 1.82) is 0 Å². The molecule has 1 amide bonds. The van der Waals surface area contributed by atoms with Crippen molar-refractivity contribution in [3.05, 3.63) is 28.3 Å². The predicted molar refractivity (Wildman–Crippen MR) is 83.1 cm³/mol. The van der Waals surface area contributed by atoms with E-state index in [0.717, 1.165) is 0 Å². The standard InChI is InChI=1S/C14H19ClN6O2/c1-8(2)11-10(12(15)20(3)18-11)13(22)21-5-4-14(23,7-21)9-6-16-19-17-9/h6,8,23H,4-5,7H2,1-3H3,(H,16,17,19). The fourth-order valence-corrected chi connectivity index (χ4v) is 3.10. The van der Waals surface area contributed by atoms with E-state index in [1.165, 1.54) is 10.9 Å². The molecule has 1 aliphatic heterocycles. The van der Waals surface area contributed by atoms with Crippen LogP contribution in [-0.2, 0) is 12.6 Å². The Morgan fingerprint density at radius 3 is 2.87 bits per heavy atom. The van der Waals surface area contributed by atoms with Crippen LogP contribution in [-0.4, -0.2) is 54.2 Å². The average molecular weight is 339 g/mol. The molecule has 0 radical (unpaired) electrons. The lowest BCUT2D eigenvalue weighted by molar-refractivity contribution is 0.0381. The van der Waals surface area contributed by atoms with Crippen molar-refractivity contribution in [1.82, 2.24) is 30.1 Å². The van der Waals surface area contributed by atoms with Gasteiger partial charge in [0, 0.05) is 20.0 Å². The van der Waals surface area contributed by atoms with Gasteiger partial charge in [-0.2, -0.15) is 20.5 Å². The first-order valence-corrected chi connectivity index (χ1v) is 7.81. The molecule has 2 N–H and O–H groups in total. The Morgan fingerprint density at radius 2 is 2.26 bits per heavy atom. The Kier molecular flexibility index (Phi) is 3.89. The highest BCUT2D eigenvalue weighted by atomic mass is 35.5. The van der Waals surface area contributed by atoms with Gasteiger partial charge in [0.25, 0.3) is 5.91 Å². The molecule has 0 bridgehead atoms. The topological polar surface area (TPSA) is 99.9 Å². The quantitative estimate of drug-likeness (QED) is 0.871. The van der Waals surface area contributed by atoms with Crippen LogP contribution in [0.3, 0.4) is 0 Å². The number of aromatic amines is 1. The number of aliphatic hydroxyl groups is 1. The summed E-state index contributed by atoms with van der Waals surface area (Å²) in [6.07, 6.45) is 1.88. The molecule has 9 heteroatoms. The molecule has 1 unspecified atom stereocenters. The third kappa shape index (κ3) is 2.61. The Hall–Kier alpha value is -1.93. The number of aryl methyl sites for hydroxylation is 1. The number of nitrogens with one attached hydrogen (secondary N) is 1. The van der Waals surface area contributed by atoms with Crippen LogP contribution in [0, 0.1) is 0 Å². The van der Waals surface area contributed by atoms with Crippen molar-refractivity contribution in [3.63, 3.8) is 0 Å². The van der Waals surface area contributed by atoms with Crippen LogP contribution < -0.4 is 0 Å². The Morgan fingerprint density at radius 1 is 1.52 bits per heavy atom. The highest BCUT2D eigenvalue weighted by Gasteiger charge is 2.43. The van der Waals surface area contributed by atoms with Crippen LogP contribution in [0.15, 0.2) is 6.20 Å². The molecule has 0 saturated carbocycles. The van der Waals surface area contributed by atoms with E-state index in [0.29, 0.717) is 35.1 Å². The van der Waals surface area contributed by atoms with Gasteiger partial charge in [0.2, 0.25) is 0 Å². The van der Waals surface area contributed by atoms with Gasteiger partial charge >= 0.3 is 0 Å². The third-order valence-electron chi connectivity index (χ3n) is 4.19. The van der Waals surface area contributed by atoms with Gasteiger partial charge in [0.15, 0.2) is 0 Å². The fraction of sp³-hybridized carbons (Fsp3) is 0.571. The van der Waals surface area contributed by atoms with Crippen LogP contribution >= 0.6 is 11.6 Å². The van der Waals surface area contributed by atoms with Gasteiger partial charge in [-0.05, 0) is 5.92 Å². The minimum atomic E-state index is -1.19. The minimum Gasteiger partial charge on any atom is -0.381 e. The van der Waals surface area contributed by atoms with Gasteiger partial charge in [0.05, 0.1) is 24.0 Å². The van der Waals surface area contributed by atoms with E-state index in [1.54, 1.807) is 11.9 Å². The van der Waals surface area contributed by atoms with E-state index in [4.69, 9.17) is 11.6 Å². The summed E-state index contributed by atoms with van der Waals surface area (Å²) >= 11 is 6.27. The molecule has 1 aliphatic rings. The van der Waals surface area contributed by atoms with E-state index in [2.05, 4.69) is 20.5 Å². The van der Waals surface area contributed by atoms with Gasteiger partial charge in [-0.1, -0.05) is 25.4 Å². The van der Waals surface area contributed by atoms with Gasteiger partial charge in [-0.3, -0.25) is 9.48 Å². The molecule has 124 valence electrons. The maximum Gasteiger partial charge on any atom is 0.259 e. The number of rotatable bonds is 3. The zero-order valence-corrected chi connectivity index (χ0v) is 14.0. The Balaban J connectivity index is 1.88. The number of β-amino-alcohol motifs (C(OH)–C–C–N with tert-alkyl or cyclic N) is 1. The lowest BCUT2D eigenvalue weighted by atomic mass is 10.00. The van der Waals surface area contributed by atoms with Gasteiger partial charge in [0.1, 0.15) is 16.4 Å². The summed E-state index contributed by atoms with van der Waals surface area (Å²) in [6.45, 7) is 4.50. The monoisotopic (exact) mass is 338 g/mol. The number of amides is 1. The number of aromatic nitrogens is 5. The summed E-state index contributed by atoms with van der Waals surface area (Å²) in [5, 5.41) is 25.5. The molecular weight excluding hydrogens is 320 g/mol. The maximum absolute atomic E-state index is 12.9. The molecule has 0 aromatic carbocycles. The zero-order valence-electron chi connectivity index (χ0n) is 13.2. The lowest BCUT2D eigenvalue weighted by Crippen LogP contribution is -2.35. The number of likely N-dealkylation sites (tertiary alicyclic amines) is 1. The second-order valence-electron chi connectivity index (χ2n) is 6.19. The molecule has 1 fully saturated rings. The molecule has 23 heavy (non-hydrogen) atoms. The number of carbonyl (C=O) groups excluding carboxylic acids is 1. The van der Waals surface area contributed by atoms with Crippen molar-refractivity contribution in [3.8, 4) is 0 Å². The van der Waals surface area contributed by atoms with Gasteiger partial charge in [-0.25, -0.2) is 0 Å². The highest BCUT2D eigenvalue weighted by molar-refractivity contribution is 6.33. The van der Waals surface area contributed by atoms with E-state index >= 15 is 0 Å². The Labute approximate surface area is 138 Å². The first kappa shape index (κ1) is 15.9. The number of carbonyl (C=O) groups is 1. The minimum absolute atomic E-state index is 0.0738. The van der Waals surface area contributed by atoms with Crippen LogP contribution in [0.5, 0.6) is 0 Å². The summed E-state index contributed by atoms with van der Waals surface area (Å²) in [4.78, 5) is 14.5. The maximum atomic E-state index is 12.9. The van der Waals surface area contributed by atoms with E-state index in [-0.39, 0.29) is 18.4 Å². The fourth-order valence-electron chi connectivity index (χ4n) is 2.89. The first-order valence-electron chi connectivity index (χ1n) is 7.44. The second-order valence-corrected chi connectivity index (χ2v) is 6.55. The molecule has 0 spiro atoms. The van der Waals surface area contributed by atoms with Crippen molar-refractivity contribution in [2.24, 2.45) is 7.05 Å². The summed E-state index contributed by atoms with van der Waals surface area (Å²) in [6, 6.07) is 0. The third-order valence-corrected chi connectivity index (χ3v) is 4.63. The number of halogens is 1. The van der Waals surface area contributed by atoms with Crippen molar-refractivity contribution < 1.29 is 9.90 Å². The van der Waals surface area contributed by atoms with E-state index in [9.17, 15) is 9.90 Å². The van der Waals surface area contributed by atoms with Crippen LogP contribution in [0.2, 0.25) is 5.15 Å². The number of nitrogens with zero attached hydrogens (tertiary/aromatic N) is 5. The largest absolute Gasteiger partial charge is 0.381 e. The molecular formula is C14H19ClN6O2. The normalized spacial score (nSPS) is 21.4. The summed E-state index contributed by atoms with van der Waals surface area (Å²) in [5.41, 5.74) is 0.331. The first-order chi connectivity index (χ1) is 10.8. The number of hydrogen-bond donors (Lipinski definition) is 2. The van der Waals surface area contributed by atoms with E-state index in [1.807, 2.05) is 13.8 Å². The SMILES string of the molecule is CC(C)c1nn(C)c(Cl)c1C(=O)N1CCC(O)(c2cn[nH]n2)C1. The number of H-pyrrole nitrogens is 1. The van der Waals surface area contributed by atoms with Crippen molar-refractivity contribution >= 4 is 17.5 Å². The zero-order chi connectivity index (χ0) is 16.8. The molecule has 3 heterocycles. The molecule has 3 rings (SSSR count). The summed E-state index contributed by atoms with van der Waals surface area (Å²) in [7, 11) is 1.71. The molecule has 1 saturated heterocycles.